The van der Waals surface area contributed by atoms with Crippen molar-refractivity contribution in [2.45, 2.75) is 51.9 Å². The minimum Gasteiger partial charge on any atom is -0.491 e. The van der Waals surface area contributed by atoms with Crippen LogP contribution in [-0.2, 0) is 13.1 Å². The predicted octanol–water partition coefficient (Wildman–Crippen LogP) is 2.49. The van der Waals surface area contributed by atoms with E-state index < -0.39 is 6.10 Å². The van der Waals surface area contributed by atoms with Crippen molar-refractivity contribution >= 4 is 0 Å². The summed E-state index contributed by atoms with van der Waals surface area (Å²) in [6, 6.07) is 12.7. The number of aromatic nitrogens is 1. The molecule has 1 saturated heterocycles. The van der Waals surface area contributed by atoms with Gasteiger partial charge in [0.2, 0.25) is 0 Å². The lowest BCUT2D eigenvalue weighted by molar-refractivity contribution is 0.0597. The normalized spacial score (nSPS) is 16.7. The highest BCUT2D eigenvalue weighted by molar-refractivity contribution is 5.27. The Morgan fingerprint density at radius 2 is 1.87 bits per heavy atom. The molecule has 1 unspecified atom stereocenters. The van der Waals surface area contributed by atoms with E-state index in [2.05, 4.69) is 53.0 Å². The average Bonchev–Trinajstić information content (AvgIpc) is 2.68. The number of nitrogens with two attached hydrogens (primary N) is 1. The Hall–Kier alpha value is -1.99. The first-order valence-electron chi connectivity index (χ1n) is 10.9. The highest BCUT2D eigenvalue weighted by Crippen LogP contribution is 2.15. The summed E-state index contributed by atoms with van der Waals surface area (Å²) in [6.07, 6.45) is 1.52. The number of benzene rings is 1. The van der Waals surface area contributed by atoms with Gasteiger partial charge in [0, 0.05) is 31.4 Å². The summed E-state index contributed by atoms with van der Waals surface area (Å²) in [5, 5.41) is 10.3. The van der Waals surface area contributed by atoms with Gasteiger partial charge in [0.15, 0.2) is 0 Å². The largest absolute Gasteiger partial charge is 0.491 e. The number of nitrogens with zero attached hydrogens (tertiary/aromatic N) is 3. The number of hydrogen-bond acceptors (Lipinski definition) is 6. The van der Waals surface area contributed by atoms with E-state index in [1.54, 1.807) is 0 Å². The van der Waals surface area contributed by atoms with Crippen LogP contribution in [0, 0.1) is 13.8 Å². The number of hydrogen-bond donors (Lipinski definition) is 2. The molecule has 0 radical (unpaired) electrons. The van der Waals surface area contributed by atoms with Crippen LogP contribution in [0.3, 0.4) is 0 Å². The molecule has 1 aromatic heterocycles. The summed E-state index contributed by atoms with van der Waals surface area (Å²) in [5.41, 5.74) is 10.6. The average molecular weight is 413 g/mol. The third-order valence-corrected chi connectivity index (χ3v) is 5.50. The fourth-order valence-electron chi connectivity index (χ4n) is 4.02. The fourth-order valence-corrected chi connectivity index (χ4v) is 4.02. The van der Waals surface area contributed by atoms with Gasteiger partial charge in [-0.05, 0) is 82.2 Å². The quantitative estimate of drug-likeness (QED) is 0.659. The van der Waals surface area contributed by atoms with Crippen molar-refractivity contribution < 1.29 is 9.84 Å². The van der Waals surface area contributed by atoms with Crippen LogP contribution in [-0.4, -0.2) is 65.3 Å². The zero-order valence-corrected chi connectivity index (χ0v) is 18.6. The number of pyridine rings is 1. The molecule has 3 N–H and O–H groups in total. The topological polar surface area (TPSA) is 74.9 Å². The second-order valence-corrected chi connectivity index (χ2v) is 8.70. The maximum Gasteiger partial charge on any atom is 0.119 e. The summed E-state index contributed by atoms with van der Waals surface area (Å²) >= 11 is 0. The smallest absolute Gasteiger partial charge is 0.119 e. The van der Waals surface area contributed by atoms with Crippen molar-refractivity contribution in [3.05, 3.63) is 58.9 Å². The van der Waals surface area contributed by atoms with Gasteiger partial charge in [0.05, 0.1) is 5.69 Å². The molecule has 0 aliphatic carbocycles. The third kappa shape index (κ3) is 7.36. The summed E-state index contributed by atoms with van der Waals surface area (Å²) in [4.78, 5) is 9.14. The zero-order chi connectivity index (χ0) is 21.5. The lowest BCUT2D eigenvalue weighted by Crippen LogP contribution is -2.44. The van der Waals surface area contributed by atoms with Crippen LogP contribution < -0.4 is 10.5 Å². The van der Waals surface area contributed by atoms with Crippen LogP contribution in [0.15, 0.2) is 36.4 Å². The van der Waals surface area contributed by atoms with Crippen LogP contribution in [0.1, 0.15) is 35.4 Å². The minimum atomic E-state index is -0.490. The molecule has 0 bridgehead atoms. The van der Waals surface area contributed by atoms with Crippen LogP contribution in [0.25, 0.3) is 0 Å². The number of rotatable bonds is 9. The molecule has 30 heavy (non-hydrogen) atoms. The molecule has 1 atom stereocenters. The minimum absolute atomic E-state index is 0.306. The number of aliphatic hydroxyl groups excluding tert-OH is 1. The highest BCUT2D eigenvalue weighted by Gasteiger charge is 2.18. The van der Waals surface area contributed by atoms with Crippen molar-refractivity contribution in [3.63, 3.8) is 0 Å². The van der Waals surface area contributed by atoms with Gasteiger partial charge in [0.25, 0.3) is 0 Å². The van der Waals surface area contributed by atoms with Crippen LogP contribution in [0.5, 0.6) is 5.75 Å². The summed E-state index contributed by atoms with van der Waals surface area (Å²) in [7, 11) is 2.10. The maximum absolute atomic E-state index is 10.3. The lowest BCUT2D eigenvalue weighted by Gasteiger charge is -2.31. The standard InChI is InChI=1S/C24H36N4O2/c1-18-12-19(2)26-22(13-18)15-27(3)14-20-4-6-24(7-5-20)30-17-23(29)16-28-10-8-21(25)9-11-28/h4-7,12-13,21,23,29H,8-11,14-17,25H2,1-3H3. The predicted molar refractivity (Wildman–Crippen MR) is 120 cm³/mol. The van der Waals surface area contributed by atoms with E-state index in [1.165, 1.54) is 11.1 Å². The SMILES string of the molecule is Cc1cc(C)nc(CN(C)Cc2ccc(OCC(O)CN3CCC(N)CC3)cc2)c1. The Morgan fingerprint density at radius 3 is 2.53 bits per heavy atom. The molecule has 2 heterocycles. The van der Waals surface area contributed by atoms with Crippen LogP contribution in [0.4, 0.5) is 0 Å². The van der Waals surface area contributed by atoms with Crippen molar-refractivity contribution in [1.29, 1.82) is 0 Å². The first kappa shape index (κ1) is 22.7. The van der Waals surface area contributed by atoms with E-state index in [4.69, 9.17) is 10.5 Å². The molecular formula is C24H36N4O2. The molecular weight excluding hydrogens is 376 g/mol. The van der Waals surface area contributed by atoms with E-state index in [-0.39, 0.29) is 0 Å². The molecule has 0 spiro atoms. The molecule has 3 rings (SSSR count). The number of aliphatic hydroxyl groups is 1. The maximum atomic E-state index is 10.3. The molecule has 1 aromatic carbocycles. The fraction of sp³-hybridized carbons (Fsp3) is 0.542. The van der Waals surface area contributed by atoms with Gasteiger partial charge in [-0.3, -0.25) is 9.88 Å². The van der Waals surface area contributed by atoms with Crippen LogP contribution in [0.2, 0.25) is 0 Å². The molecule has 1 aliphatic heterocycles. The van der Waals surface area contributed by atoms with E-state index in [0.717, 1.165) is 56.2 Å². The molecule has 1 fully saturated rings. The molecule has 6 nitrogen and oxygen atoms in total. The van der Waals surface area contributed by atoms with Crippen molar-refractivity contribution in [3.8, 4) is 5.75 Å². The highest BCUT2D eigenvalue weighted by atomic mass is 16.5. The Balaban J connectivity index is 1.41. The summed E-state index contributed by atoms with van der Waals surface area (Å²) in [5.74, 6) is 0.789. The van der Waals surface area contributed by atoms with Gasteiger partial charge >= 0.3 is 0 Å². The van der Waals surface area contributed by atoms with E-state index in [0.29, 0.717) is 19.2 Å². The monoisotopic (exact) mass is 412 g/mol. The number of aryl methyl sites for hydroxylation is 2. The Morgan fingerprint density at radius 1 is 1.17 bits per heavy atom. The lowest BCUT2D eigenvalue weighted by atomic mass is 10.1. The Bertz CT molecular complexity index is 768. The summed E-state index contributed by atoms with van der Waals surface area (Å²) < 4.78 is 5.79. The molecule has 0 amide bonds. The first-order chi connectivity index (χ1) is 14.4. The van der Waals surface area contributed by atoms with Gasteiger partial charge in [-0.2, -0.15) is 0 Å². The van der Waals surface area contributed by atoms with E-state index in [9.17, 15) is 5.11 Å². The third-order valence-electron chi connectivity index (χ3n) is 5.50. The summed E-state index contributed by atoms with van der Waals surface area (Å²) in [6.45, 7) is 8.66. The number of β-amino-alcohol motifs (C(OH)–C–C–N with tert-alkyl or cyclic N) is 1. The Labute approximate surface area is 180 Å². The molecule has 6 heteroatoms. The van der Waals surface area contributed by atoms with Gasteiger partial charge in [0.1, 0.15) is 18.5 Å². The van der Waals surface area contributed by atoms with Crippen molar-refractivity contribution in [2.24, 2.45) is 5.73 Å². The van der Waals surface area contributed by atoms with Gasteiger partial charge < -0.3 is 20.5 Å². The molecule has 2 aromatic rings. The van der Waals surface area contributed by atoms with Crippen molar-refractivity contribution in [2.75, 3.05) is 33.3 Å². The van der Waals surface area contributed by atoms with Gasteiger partial charge in [-0.15, -0.1) is 0 Å². The molecule has 164 valence electrons. The number of ether oxygens (including phenoxy) is 1. The zero-order valence-electron chi connectivity index (χ0n) is 18.6. The van der Waals surface area contributed by atoms with Gasteiger partial charge in [-0.1, -0.05) is 12.1 Å². The van der Waals surface area contributed by atoms with Crippen LogP contribution >= 0.6 is 0 Å². The number of likely N-dealkylation sites (tertiary alicyclic amines) is 1. The molecule has 1 aliphatic rings. The van der Waals surface area contributed by atoms with Gasteiger partial charge in [-0.25, -0.2) is 0 Å². The Kier molecular flexibility index (Phi) is 8.22. The molecule has 0 saturated carbocycles. The van der Waals surface area contributed by atoms with Crippen molar-refractivity contribution in [1.82, 2.24) is 14.8 Å². The first-order valence-corrected chi connectivity index (χ1v) is 10.9. The second kappa shape index (κ2) is 10.9. The second-order valence-electron chi connectivity index (χ2n) is 8.70. The van der Waals surface area contributed by atoms with E-state index >= 15 is 0 Å². The number of piperidine rings is 1. The van der Waals surface area contributed by atoms with E-state index in [1.807, 2.05) is 19.1 Å².